The van der Waals surface area contributed by atoms with Gasteiger partial charge < -0.3 is 15.9 Å². The van der Waals surface area contributed by atoms with Crippen LogP contribution in [0.3, 0.4) is 0 Å². The Balaban J connectivity index is 3.57. The molecule has 0 aromatic carbocycles. The van der Waals surface area contributed by atoms with Gasteiger partial charge in [0.05, 0.1) is 18.6 Å². The number of aliphatic hydroxyl groups is 2. The first-order valence-electron chi connectivity index (χ1n) is 16.2. The summed E-state index contributed by atoms with van der Waals surface area (Å²) in [5.74, 6) is -0.527. The van der Waals surface area contributed by atoms with E-state index in [4.69, 9.17) is 5.73 Å². The zero-order valence-electron chi connectivity index (χ0n) is 24.3. The fraction of sp³-hybridized carbons (Fsp3) is 0.969. The van der Waals surface area contributed by atoms with Crippen molar-refractivity contribution in [2.45, 2.75) is 180 Å². The normalized spacial score (nSPS) is 13.2. The highest BCUT2D eigenvalue weighted by atomic mass is 16.3. The number of rotatable bonds is 30. The molecule has 0 radical (unpaired) electrons. The standard InChI is InChI=1S/C32H65NO3/c1-2-3-4-5-6-7-8-9-11-14-17-20-23-26-31(35)30(29-34)32(36)27-24-21-18-15-12-10-13-16-19-22-25-28-33/h30,32,34,36H,2-29,33H2,1H3. The molecule has 0 saturated heterocycles. The van der Waals surface area contributed by atoms with Gasteiger partial charge in [0, 0.05) is 6.42 Å². The first-order valence-corrected chi connectivity index (χ1v) is 16.2. The molecule has 216 valence electrons. The maximum atomic E-state index is 12.5. The Kier molecular flexibility index (Phi) is 28.7. The molecule has 0 bridgehead atoms. The predicted octanol–water partition coefficient (Wildman–Crippen LogP) is 8.65. The van der Waals surface area contributed by atoms with E-state index in [0.717, 1.165) is 38.6 Å². The van der Waals surface area contributed by atoms with Gasteiger partial charge >= 0.3 is 0 Å². The molecule has 2 atom stereocenters. The van der Waals surface area contributed by atoms with Crippen molar-refractivity contribution in [2.75, 3.05) is 13.2 Å². The number of carbonyl (C=O) groups excluding carboxylic acids is 1. The molecular formula is C32H65NO3. The molecule has 0 heterocycles. The first kappa shape index (κ1) is 35.5. The van der Waals surface area contributed by atoms with Crippen LogP contribution in [0.2, 0.25) is 0 Å². The van der Waals surface area contributed by atoms with Crippen molar-refractivity contribution in [3.8, 4) is 0 Å². The fourth-order valence-electron chi connectivity index (χ4n) is 5.23. The van der Waals surface area contributed by atoms with Crippen molar-refractivity contribution in [1.29, 1.82) is 0 Å². The molecule has 4 N–H and O–H groups in total. The lowest BCUT2D eigenvalue weighted by Crippen LogP contribution is -2.31. The van der Waals surface area contributed by atoms with Gasteiger partial charge in [-0.05, 0) is 25.8 Å². The van der Waals surface area contributed by atoms with Gasteiger partial charge in [-0.1, -0.05) is 148 Å². The maximum absolute atomic E-state index is 12.5. The van der Waals surface area contributed by atoms with E-state index in [1.54, 1.807) is 0 Å². The molecule has 0 spiro atoms. The summed E-state index contributed by atoms with van der Waals surface area (Å²) in [5.41, 5.74) is 5.52. The summed E-state index contributed by atoms with van der Waals surface area (Å²) < 4.78 is 0. The smallest absolute Gasteiger partial charge is 0.140 e. The van der Waals surface area contributed by atoms with Crippen LogP contribution in [0, 0.1) is 5.92 Å². The predicted molar refractivity (Wildman–Crippen MR) is 156 cm³/mol. The molecular weight excluding hydrogens is 446 g/mol. The van der Waals surface area contributed by atoms with Crippen LogP contribution >= 0.6 is 0 Å². The Labute approximate surface area is 225 Å². The van der Waals surface area contributed by atoms with Crippen LogP contribution in [0.1, 0.15) is 174 Å². The minimum absolute atomic E-state index is 0.0551. The summed E-state index contributed by atoms with van der Waals surface area (Å²) in [6.07, 6.45) is 30.8. The lowest BCUT2D eigenvalue weighted by molar-refractivity contribution is -0.128. The molecule has 0 amide bonds. The Morgan fingerprint density at radius 2 is 0.944 bits per heavy atom. The molecule has 0 aliphatic heterocycles. The Morgan fingerprint density at radius 3 is 1.33 bits per heavy atom. The summed E-state index contributed by atoms with van der Waals surface area (Å²) >= 11 is 0. The molecule has 0 fully saturated rings. The second-order valence-electron chi connectivity index (χ2n) is 11.3. The molecule has 0 aromatic rings. The lowest BCUT2D eigenvalue weighted by atomic mass is 9.91. The van der Waals surface area contributed by atoms with Crippen LogP contribution in [-0.2, 0) is 4.79 Å². The van der Waals surface area contributed by atoms with Gasteiger partial charge in [0.15, 0.2) is 0 Å². The highest BCUT2D eigenvalue weighted by Gasteiger charge is 2.24. The number of unbranched alkanes of at least 4 members (excludes halogenated alkanes) is 22. The number of hydrogen-bond donors (Lipinski definition) is 3. The van der Waals surface area contributed by atoms with Crippen LogP contribution in [0.15, 0.2) is 0 Å². The van der Waals surface area contributed by atoms with Crippen molar-refractivity contribution in [2.24, 2.45) is 11.7 Å². The maximum Gasteiger partial charge on any atom is 0.140 e. The lowest BCUT2D eigenvalue weighted by Gasteiger charge is -2.20. The van der Waals surface area contributed by atoms with E-state index in [2.05, 4.69) is 6.92 Å². The number of Topliss-reactive ketones (excluding diaryl/α,β-unsaturated/α-hetero) is 1. The van der Waals surface area contributed by atoms with Crippen LogP contribution in [0.4, 0.5) is 0 Å². The molecule has 0 aromatic heterocycles. The van der Waals surface area contributed by atoms with Crippen molar-refractivity contribution < 1.29 is 15.0 Å². The van der Waals surface area contributed by atoms with Gasteiger partial charge in [-0.25, -0.2) is 0 Å². The minimum atomic E-state index is -0.682. The molecule has 0 aliphatic carbocycles. The second-order valence-corrected chi connectivity index (χ2v) is 11.3. The van der Waals surface area contributed by atoms with E-state index < -0.39 is 12.0 Å². The molecule has 36 heavy (non-hydrogen) atoms. The monoisotopic (exact) mass is 511 g/mol. The van der Waals surface area contributed by atoms with E-state index in [1.165, 1.54) is 122 Å². The molecule has 4 nitrogen and oxygen atoms in total. The topological polar surface area (TPSA) is 83.5 Å². The summed E-state index contributed by atoms with van der Waals surface area (Å²) in [5, 5.41) is 20.1. The van der Waals surface area contributed by atoms with Crippen LogP contribution < -0.4 is 5.73 Å². The number of hydrogen-bond acceptors (Lipinski definition) is 4. The molecule has 0 saturated carbocycles. The second kappa shape index (κ2) is 29.1. The van der Waals surface area contributed by atoms with Gasteiger partial charge in [0.25, 0.3) is 0 Å². The van der Waals surface area contributed by atoms with E-state index in [-0.39, 0.29) is 12.4 Å². The number of ketones is 1. The van der Waals surface area contributed by atoms with E-state index in [9.17, 15) is 15.0 Å². The van der Waals surface area contributed by atoms with Crippen LogP contribution in [0.25, 0.3) is 0 Å². The van der Waals surface area contributed by atoms with E-state index in [1.807, 2.05) is 0 Å². The zero-order valence-corrected chi connectivity index (χ0v) is 24.3. The highest BCUT2D eigenvalue weighted by molar-refractivity contribution is 5.81. The van der Waals surface area contributed by atoms with E-state index >= 15 is 0 Å². The third-order valence-corrected chi connectivity index (χ3v) is 7.81. The van der Waals surface area contributed by atoms with Crippen molar-refractivity contribution in [3.05, 3.63) is 0 Å². The Hall–Kier alpha value is -0.450. The number of nitrogens with two attached hydrogens (primary N) is 1. The number of carbonyl (C=O) groups is 1. The van der Waals surface area contributed by atoms with Gasteiger partial charge in [-0.3, -0.25) is 4.79 Å². The fourth-order valence-corrected chi connectivity index (χ4v) is 5.23. The Bertz CT molecular complexity index is 443. The molecule has 0 aliphatic rings. The summed E-state index contributed by atoms with van der Waals surface area (Å²) in [6, 6.07) is 0. The Morgan fingerprint density at radius 1 is 0.583 bits per heavy atom. The first-order chi connectivity index (χ1) is 17.7. The van der Waals surface area contributed by atoms with Crippen LogP contribution in [0.5, 0.6) is 0 Å². The third-order valence-electron chi connectivity index (χ3n) is 7.81. The average molecular weight is 512 g/mol. The summed E-state index contributed by atoms with van der Waals surface area (Å²) in [4.78, 5) is 12.5. The van der Waals surface area contributed by atoms with Gasteiger partial charge in [-0.15, -0.1) is 0 Å². The molecule has 4 heteroatoms. The quantitative estimate of drug-likeness (QED) is 0.0842. The minimum Gasteiger partial charge on any atom is -0.396 e. The van der Waals surface area contributed by atoms with Crippen molar-refractivity contribution in [3.63, 3.8) is 0 Å². The summed E-state index contributed by atoms with van der Waals surface area (Å²) in [7, 11) is 0. The average Bonchev–Trinajstić information content (AvgIpc) is 2.88. The van der Waals surface area contributed by atoms with Crippen molar-refractivity contribution >= 4 is 5.78 Å². The molecule has 0 rings (SSSR count). The van der Waals surface area contributed by atoms with Crippen LogP contribution in [-0.4, -0.2) is 35.3 Å². The van der Waals surface area contributed by atoms with Gasteiger partial charge in [0.2, 0.25) is 0 Å². The summed E-state index contributed by atoms with van der Waals surface area (Å²) in [6.45, 7) is 2.87. The number of aliphatic hydroxyl groups excluding tert-OH is 2. The SMILES string of the molecule is CCCCCCCCCCCCCCCC(=O)C(CO)C(O)CCCCCCCCCCCCCN. The highest BCUT2D eigenvalue weighted by Crippen LogP contribution is 2.18. The largest absolute Gasteiger partial charge is 0.396 e. The zero-order chi connectivity index (χ0) is 26.5. The van der Waals surface area contributed by atoms with Gasteiger partial charge in [-0.2, -0.15) is 0 Å². The van der Waals surface area contributed by atoms with E-state index in [0.29, 0.717) is 12.8 Å². The molecule has 2 unspecified atom stereocenters. The van der Waals surface area contributed by atoms with Gasteiger partial charge in [0.1, 0.15) is 5.78 Å². The van der Waals surface area contributed by atoms with Crippen molar-refractivity contribution in [1.82, 2.24) is 0 Å². The third kappa shape index (κ3) is 23.9.